The zero-order chi connectivity index (χ0) is 14.0. The minimum atomic E-state index is -1.27. The van der Waals surface area contributed by atoms with Crippen molar-refractivity contribution >= 4 is 24.5 Å². The molecule has 1 amide bonds. The standard InChI is InChI=1S/C12H22N2O4.ClH/c1-11(2,3)18-10(17)14-7-5-6-13-8-12(14,4)9(15)16;/h13H,5-8H2,1-4H3,(H,15,16);1H. The largest absolute Gasteiger partial charge is 0.479 e. The van der Waals surface area contributed by atoms with Crippen molar-refractivity contribution in [1.29, 1.82) is 0 Å². The molecule has 0 aromatic heterocycles. The van der Waals surface area contributed by atoms with Crippen LogP contribution in [0.15, 0.2) is 0 Å². The second kappa shape index (κ2) is 6.43. The van der Waals surface area contributed by atoms with Crippen LogP contribution in [0.25, 0.3) is 0 Å². The summed E-state index contributed by atoms with van der Waals surface area (Å²) in [6.07, 6.45) is 0.137. The molecule has 0 spiro atoms. The average molecular weight is 295 g/mol. The molecule has 2 N–H and O–H groups in total. The van der Waals surface area contributed by atoms with Crippen molar-refractivity contribution in [2.45, 2.75) is 45.3 Å². The number of nitrogens with zero attached hydrogens (tertiary/aromatic N) is 1. The Morgan fingerprint density at radius 2 is 1.95 bits per heavy atom. The Bertz CT molecular complexity index is 343. The van der Waals surface area contributed by atoms with Crippen LogP contribution in [-0.4, -0.2) is 52.8 Å². The van der Waals surface area contributed by atoms with Crippen LogP contribution in [0.4, 0.5) is 4.79 Å². The first kappa shape index (κ1) is 18.0. The maximum atomic E-state index is 12.1. The normalized spacial score (nSPS) is 24.1. The lowest BCUT2D eigenvalue weighted by Crippen LogP contribution is -2.59. The van der Waals surface area contributed by atoms with Crippen molar-refractivity contribution in [2.75, 3.05) is 19.6 Å². The molecule has 7 heteroatoms. The molecule has 1 aliphatic heterocycles. The van der Waals surface area contributed by atoms with E-state index in [1.165, 1.54) is 11.8 Å². The summed E-state index contributed by atoms with van der Waals surface area (Å²) < 4.78 is 5.27. The minimum absolute atomic E-state index is 0. The monoisotopic (exact) mass is 294 g/mol. The van der Waals surface area contributed by atoms with Crippen LogP contribution in [-0.2, 0) is 9.53 Å². The average Bonchev–Trinajstić information content (AvgIpc) is 2.38. The number of hydrogen-bond acceptors (Lipinski definition) is 4. The molecule has 19 heavy (non-hydrogen) atoms. The first-order chi connectivity index (χ1) is 8.17. The Labute approximate surface area is 119 Å². The zero-order valence-corrected chi connectivity index (χ0v) is 12.7. The summed E-state index contributed by atoms with van der Waals surface area (Å²) in [5.41, 5.74) is -1.89. The third-order valence-electron chi connectivity index (χ3n) is 2.87. The molecule has 0 aromatic rings. The van der Waals surface area contributed by atoms with Crippen LogP contribution in [0, 0.1) is 0 Å². The molecule has 1 unspecified atom stereocenters. The van der Waals surface area contributed by atoms with Crippen molar-refractivity contribution in [1.82, 2.24) is 10.2 Å². The summed E-state index contributed by atoms with van der Waals surface area (Å²) in [5.74, 6) is -1.03. The van der Waals surface area contributed by atoms with Gasteiger partial charge in [-0.05, 0) is 40.7 Å². The summed E-state index contributed by atoms with van der Waals surface area (Å²) >= 11 is 0. The van der Waals surface area contributed by atoms with Gasteiger partial charge in [-0.1, -0.05) is 0 Å². The number of aliphatic carboxylic acids is 1. The number of rotatable bonds is 1. The Balaban J connectivity index is 0.00000324. The van der Waals surface area contributed by atoms with E-state index in [-0.39, 0.29) is 19.0 Å². The number of amides is 1. The second-order valence-corrected chi connectivity index (χ2v) is 5.74. The number of carbonyl (C=O) groups excluding carboxylic acids is 1. The van der Waals surface area contributed by atoms with Crippen molar-refractivity contribution in [2.24, 2.45) is 0 Å². The molecular formula is C12H23ClN2O4. The van der Waals surface area contributed by atoms with E-state index >= 15 is 0 Å². The molecule has 0 radical (unpaired) electrons. The fourth-order valence-corrected chi connectivity index (χ4v) is 1.84. The van der Waals surface area contributed by atoms with E-state index in [0.29, 0.717) is 19.5 Å². The predicted molar refractivity (Wildman–Crippen MR) is 73.7 cm³/mol. The molecule has 1 saturated heterocycles. The van der Waals surface area contributed by atoms with Crippen LogP contribution < -0.4 is 5.32 Å². The molecular weight excluding hydrogens is 272 g/mol. The fourth-order valence-electron chi connectivity index (χ4n) is 1.84. The minimum Gasteiger partial charge on any atom is -0.479 e. The van der Waals surface area contributed by atoms with Crippen molar-refractivity contribution in [3.05, 3.63) is 0 Å². The Kier molecular flexibility index (Phi) is 6.09. The molecule has 0 saturated carbocycles. The van der Waals surface area contributed by atoms with E-state index in [1.54, 1.807) is 20.8 Å². The number of hydrogen-bond donors (Lipinski definition) is 2. The summed E-state index contributed by atoms with van der Waals surface area (Å²) in [4.78, 5) is 24.8. The van der Waals surface area contributed by atoms with E-state index in [4.69, 9.17) is 4.74 Å². The van der Waals surface area contributed by atoms with Gasteiger partial charge in [0.25, 0.3) is 0 Å². The van der Waals surface area contributed by atoms with Crippen molar-refractivity contribution < 1.29 is 19.4 Å². The maximum absolute atomic E-state index is 12.1. The lowest BCUT2D eigenvalue weighted by molar-refractivity contribution is -0.149. The molecule has 0 aromatic carbocycles. The molecule has 0 bridgehead atoms. The van der Waals surface area contributed by atoms with Crippen molar-refractivity contribution in [3.63, 3.8) is 0 Å². The molecule has 0 aliphatic carbocycles. The summed E-state index contributed by atoms with van der Waals surface area (Å²) in [6, 6.07) is 0. The van der Waals surface area contributed by atoms with Crippen LogP contribution in [0.3, 0.4) is 0 Å². The van der Waals surface area contributed by atoms with Gasteiger partial charge in [0, 0.05) is 13.1 Å². The lowest BCUT2D eigenvalue weighted by atomic mass is 10.0. The van der Waals surface area contributed by atoms with Crippen LogP contribution in [0.2, 0.25) is 0 Å². The van der Waals surface area contributed by atoms with Gasteiger partial charge in [-0.15, -0.1) is 12.4 Å². The number of ether oxygens (including phenoxy) is 1. The number of carbonyl (C=O) groups is 2. The van der Waals surface area contributed by atoms with E-state index in [9.17, 15) is 14.7 Å². The highest BCUT2D eigenvalue weighted by Gasteiger charge is 2.44. The van der Waals surface area contributed by atoms with Crippen LogP contribution >= 0.6 is 12.4 Å². The highest BCUT2D eigenvalue weighted by molar-refractivity contribution is 5.85. The highest BCUT2D eigenvalue weighted by atomic mass is 35.5. The smallest absolute Gasteiger partial charge is 0.411 e. The number of carboxylic acid groups (broad SMARTS) is 1. The second-order valence-electron chi connectivity index (χ2n) is 5.74. The van der Waals surface area contributed by atoms with Gasteiger partial charge in [-0.3, -0.25) is 4.90 Å². The predicted octanol–water partition coefficient (Wildman–Crippen LogP) is 1.48. The first-order valence-corrected chi connectivity index (χ1v) is 6.11. The zero-order valence-electron chi connectivity index (χ0n) is 11.9. The summed E-state index contributed by atoms with van der Waals surface area (Å²) in [5, 5.41) is 12.4. The van der Waals surface area contributed by atoms with Gasteiger partial charge < -0.3 is 15.2 Å². The van der Waals surface area contributed by atoms with Crippen LogP contribution in [0.1, 0.15) is 34.1 Å². The fraction of sp³-hybridized carbons (Fsp3) is 0.833. The van der Waals surface area contributed by atoms with Crippen molar-refractivity contribution in [3.8, 4) is 0 Å². The number of nitrogens with one attached hydrogen (secondary N) is 1. The third kappa shape index (κ3) is 4.54. The van der Waals surface area contributed by atoms with E-state index in [1.807, 2.05) is 0 Å². The molecule has 1 rings (SSSR count). The topological polar surface area (TPSA) is 78.9 Å². The Morgan fingerprint density at radius 1 is 1.37 bits per heavy atom. The third-order valence-corrected chi connectivity index (χ3v) is 2.87. The first-order valence-electron chi connectivity index (χ1n) is 6.11. The molecule has 1 heterocycles. The van der Waals surface area contributed by atoms with Gasteiger partial charge in [0.2, 0.25) is 0 Å². The SMILES string of the molecule is CC(C)(C)OC(=O)N1CCCNCC1(C)C(=O)O.Cl. The number of halogens is 1. The van der Waals surface area contributed by atoms with Gasteiger partial charge in [-0.25, -0.2) is 9.59 Å². The Morgan fingerprint density at radius 3 is 2.42 bits per heavy atom. The number of carboxylic acids is 1. The highest BCUT2D eigenvalue weighted by Crippen LogP contribution is 2.21. The molecule has 1 fully saturated rings. The lowest BCUT2D eigenvalue weighted by Gasteiger charge is -2.37. The maximum Gasteiger partial charge on any atom is 0.411 e. The molecule has 112 valence electrons. The Hall–Kier alpha value is -1.01. The molecule has 1 aliphatic rings. The quantitative estimate of drug-likeness (QED) is 0.766. The van der Waals surface area contributed by atoms with Gasteiger partial charge in [0.05, 0.1) is 0 Å². The summed E-state index contributed by atoms with van der Waals surface area (Å²) in [7, 11) is 0. The summed E-state index contributed by atoms with van der Waals surface area (Å²) in [6.45, 7) is 8.13. The van der Waals surface area contributed by atoms with Crippen LogP contribution in [0.5, 0.6) is 0 Å². The molecule has 1 atom stereocenters. The van der Waals surface area contributed by atoms with Gasteiger partial charge in [-0.2, -0.15) is 0 Å². The van der Waals surface area contributed by atoms with E-state index < -0.39 is 23.2 Å². The van der Waals surface area contributed by atoms with Gasteiger partial charge in [0.1, 0.15) is 5.60 Å². The van der Waals surface area contributed by atoms with Gasteiger partial charge >= 0.3 is 12.1 Å². The van der Waals surface area contributed by atoms with E-state index in [2.05, 4.69) is 5.32 Å². The molecule has 6 nitrogen and oxygen atoms in total. The van der Waals surface area contributed by atoms with Gasteiger partial charge in [0.15, 0.2) is 5.54 Å². The van der Waals surface area contributed by atoms with E-state index in [0.717, 1.165) is 0 Å².